The highest BCUT2D eigenvalue weighted by atomic mass is 16.5. The number of ether oxygens (including phenoxy) is 2. The highest BCUT2D eigenvalue weighted by Gasteiger charge is 2.50. The number of hydrazine groups is 1. The van der Waals surface area contributed by atoms with Crippen LogP contribution in [-0.4, -0.2) is 25.5 Å². The molecule has 0 aliphatic heterocycles. The van der Waals surface area contributed by atoms with Crippen LogP contribution in [0.25, 0.3) is 0 Å². The topological polar surface area (TPSA) is 76.7 Å². The van der Waals surface area contributed by atoms with Gasteiger partial charge in [0.05, 0.1) is 13.7 Å². The SMILES string of the molecule is CCCOc1ccc(C(=O)NNC(=O)C2C3CC4CC(C3)CC2C4)cc1OC. The van der Waals surface area contributed by atoms with E-state index in [9.17, 15) is 9.59 Å². The molecule has 0 atom stereocenters. The van der Waals surface area contributed by atoms with Crippen molar-refractivity contribution in [2.45, 2.75) is 45.4 Å². The zero-order chi connectivity index (χ0) is 19.7. The molecule has 0 saturated heterocycles. The summed E-state index contributed by atoms with van der Waals surface area (Å²) in [4.78, 5) is 25.3. The molecule has 4 fully saturated rings. The summed E-state index contributed by atoms with van der Waals surface area (Å²) in [5, 5.41) is 0. The first kappa shape index (κ1) is 19.1. The summed E-state index contributed by atoms with van der Waals surface area (Å²) < 4.78 is 10.9. The van der Waals surface area contributed by atoms with E-state index in [1.165, 1.54) is 32.1 Å². The summed E-state index contributed by atoms with van der Waals surface area (Å²) in [6, 6.07) is 5.04. The van der Waals surface area contributed by atoms with Gasteiger partial charge in [0.2, 0.25) is 5.91 Å². The number of methoxy groups -OCH3 is 1. The molecular formula is C22H30N2O4. The molecule has 4 saturated carbocycles. The first-order chi connectivity index (χ1) is 13.6. The van der Waals surface area contributed by atoms with Crippen LogP contribution in [0.2, 0.25) is 0 Å². The van der Waals surface area contributed by atoms with Gasteiger partial charge in [-0.05, 0) is 80.4 Å². The first-order valence-electron chi connectivity index (χ1n) is 10.5. The fourth-order valence-electron chi connectivity index (χ4n) is 5.77. The van der Waals surface area contributed by atoms with E-state index >= 15 is 0 Å². The second-order valence-corrected chi connectivity index (χ2v) is 8.61. The number of amides is 2. The van der Waals surface area contributed by atoms with E-state index < -0.39 is 0 Å². The number of carbonyl (C=O) groups is 2. The van der Waals surface area contributed by atoms with Gasteiger partial charge in [-0.3, -0.25) is 20.4 Å². The summed E-state index contributed by atoms with van der Waals surface area (Å²) in [5.74, 6) is 3.41. The Morgan fingerprint density at radius 1 is 1.00 bits per heavy atom. The lowest BCUT2D eigenvalue weighted by Gasteiger charge is -2.53. The van der Waals surface area contributed by atoms with Crippen LogP contribution in [-0.2, 0) is 4.79 Å². The number of rotatable bonds is 6. The Kier molecular flexibility index (Phi) is 5.47. The second-order valence-electron chi connectivity index (χ2n) is 8.61. The molecule has 4 aliphatic carbocycles. The summed E-state index contributed by atoms with van der Waals surface area (Å²) in [7, 11) is 1.55. The van der Waals surface area contributed by atoms with Crippen molar-refractivity contribution >= 4 is 11.8 Å². The molecule has 1 aromatic rings. The Bertz CT molecular complexity index is 720. The minimum Gasteiger partial charge on any atom is -0.493 e. The number of carbonyl (C=O) groups excluding carboxylic acids is 2. The number of hydrogen-bond donors (Lipinski definition) is 2. The van der Waals surface area contributed by atoms with Crippen LogP contribution in [0, 0.1) is 29.6 Å². The van der Waals surface area contributed by atoms with Gasteiger partial charge in [0.25, 0.3) is 5.91 Å². The highest BCUT2D eigenvalue weighted by molar-refractivity contribution is 5.96. The zero-order valence-corrected chi connectivity index (χ0v) is 16.7. The third-order valence-corrected chi connectivity index (χ3v) is 6.72. The van der Waals surface area contributed by atoms with Crippen molar-refractivity contribution in [1.29, 1.82) is 0 Å². The van der Waals surface area contributed by atoms with E-state index in [2.05, 4.69) is 10.9 Å². The molecule has 152 valence electrons. The Morgan fingerprint density at radius 3 is 2.29 bits per heavy atom. The molecule has 1 aromatic carbocycles. The van der Waals surface area contributed by atoms with Crippen molar-refractivity contribution < 1.29 is 19.1 Å². The Hall–Kier alpha value is -2.24. The minimum atomic E-state index is -0.350. The van der Waals surface area contributed by atoms with Gasteiger partial charge in [-0.25, -0.2) is 0 Å². The molecule has 6 heteroatoms. The van der Waals surface area contributed by atoms with Crippen LogP contribution >= 0.6 is 0 Å². The predicted octanol–water partition coefficient (Wildman–Crippen LogP) is 3.32. The Labute approximate surface area is 166 Å². The molecule has 5 rings (SSSR count). The Morgan fingerprint density at radius 2 is 1.68 bits per heavy atom. The van der Waals surface area contributed by atoms with Crippen LogP contribution in [0.4, 0.5) is 0 Å². The maximum Gasteiger partial charge on any atom is 0.269 e. The van der Waals surface area contributed by atoms with E-state index in [0.29, 0.717) is 35.5 Å². The van der Waals surface area contributed by atoms with Gasteiger partial charge in [-0.2, -0.15) is 0 Å². The van der Waals surface area contributed by atoms with Gasteiger partial charge >= 0.3 is 0 Å². The predicted molar refractivity (Wildman–Crippen MR) is 105 cm³/mol. The van der Waals surface area contributed by atoms with Crippen LogP contribution in [0.5, 0.6) is 11.5 Å². The molecule has 0 radical (unpaired) electrons. The second kappa shape index (κ2) is 8.02. The number of hydrogen-bond acceptors (Lipinski definition) is 4. The molecule has 0 aromatic heterocycles. The van der Waals surface area contributed by atoms with Gasteiger partial charge < -0.3 is 9.47 Å². The fourth-order valence-corrected chi connectivity index (χ4v) is 5.77. The van der Waals surface area contributed by atoms with Crippen molar-refractivity contribution in [3.63, 3.8) is 0 Å². The Balaban J connectivity index is 1.36. The molecule has 0 unspecified atom stereocenters. The van der Waals surface area contributed by atoms with Crippen LogP contribution in [0.15, 0.2) is 18.2 Å². The lowest BCUT2D eigenvalue weighted by molar-refractivity contribution is -0.138. The van der Waals surface area contributed by atoms with Crippen molar-refractivity contribution in [2.75, 3.05) is 13.7 Å². The fraction of sp³-hybridized carbons (Fsp3) is 0.636. The summed E-state index contributed by atoms with van der Waals surface area (Å²) in [5.41, 5.74) is 5.69. The van der Waals surface area contributed by atoms with Crippen molar-refractivity contribution in [3.8, 4) is 11.5 Å². The monoisotopic (exact) mass is 386 g/mol. The molecule has 2 amide bonds. The third kappa shape index (κ3) is 3.69. The summed E-state index contributed by atoms with van der Waals surface area (Å²) in [6.45, 7) is 2.61. The van der Waals surface area contributed by atoms with E-state index in [-0.39, 0.29) is 17.7 Å². The van der Waals surface area contributed by atoms with Gasteiger partial charge in [0, 0.05) is 11.5 Å². The molecule has 0 spiro atoms. The van der Waals surface area contributed by atoms with Crippen LogP contribution in [0.3, 0.4) is 0 Å². The molecule has 2 N–H and O–H groups in total. The standard InChI is InChI=1S/C22H30N2O4/c1-3-6-28-18-5-4-15(12-19(18)27-2)21(25)23-24-22(26)20-16-8-13-7-14(10-16)11-17(20)9-13/h4-5,12-14,16-17,20H,3,6-11H2,1-2H3,(H,23,25)(H,24,26). The maximum absolute atomic E-state index is 12.8. The molecule has 4 aliphatic rings. The first-order valence-corrected chi connectivity index (χ1v) is 10.5. The van der Waals surface area contributed by atoms with Gasteiger partial charge in [0.1, 0.15) is 0 Å². The number of nitrogens with one attached hydrogen (secondary N) is 2. The van der Waals surface area contributed by atoms with Gasteiger partial charge in [-0.15, -0.1) is 0 Å². The van der Waals surface area contributed by atoms with E-state index in [0.717, 1.165) is 18.3 Å². The lowest BCUT2D eigenvalue weighted by atomic mass is 9.52. The third-order valence-electron chi connectivity index (χ3n) is 6.72. The summed E-state index contributed by atoms with van der Waals surface area (Å²) in [6.07, 6.45) is 6.95. The van der Waals surface area contributed by atoms with Crippen LogP contribution < -0.4 is 20.3 Å². The normalized spacial score (nSPS) is 30.0. The van der Waals surface area contributed by atoms with Gasteiger partial charge in [-0.1, -0.05) is 6.92 Å². The summed E-state index contributed by atoms with van der Waals surface area (Å²) >= 11 is 0. The van der Waals surface area contributed by atoms with Crippen molar-refractivity contribution in [3.05, 3.63) is 23.8 Å². The molecule has 4 bridgehead atoms. The number of benzene rings is 1. The smallest absolute Gasteiger partial charge is 0.269 e. The zero-order valence-electron chi connectivity index (χ0n) is 16.7. The molecule has 0 heterocycles. The van der Waals surface area contributed by atoms with E-state index in [4.69, 9.17) is 9.47 Å². The van der Waals surface area contributed by atoms with E-state index in [1.807, 2.05) is 6.92 Å². The van der Waals surface area contributed by atoms with Crippen molar-refractivity contribution in [1.82, 2.24) is 10.9 Å². The molecule has 6 nitrogen and oxygen atoms in total. The lowest BCUT2D eigenvalue weighted by Crippen LogP contribution is -2.54. The minimum absolute atomic E-state index is 0.0305. The largest absolute Gasteiger partial charge is 0.493 e. The highest BCUT2D eigenvalue weighted by Crippen LogP contribution is 2.56. The van der Waals surface area contributed by atoms with Crippen LogP contribution in [0.1, 0.15) is 55.8 Å². The maximum atomic E-state index is 12.8. The molecule has 28 heavy (non-hydrogen) atoms. The van der Waals surface area contributed by atoms with Gasteiger partial charge in [0.15, 0.2) is 11.5 Å². The average molecular weight is 386 g/mol. The quantitative estimate of drug-likeness (QED) is 0.736. The molecular weight excluding hydrogens is 356 g/mol. The average Bonchev–Trinajstić information content (AvgIpc) is 2.69. The van der Waals surface area contributed by atoms with E-state index in [1.54, 1.807) is 25.3 Å². The van der Waals surface area contributed by atoms with Crippen molar-refractivity contribution in [2.24, 2.45) is 29.6 Å².